The van der Waals surface area contributed by atoms with Crippen molar-refractivity contribution in [3.8, 4) is 0 Å². The Kier molecular flexibility index (Phi) is 4.37. The van der Waals surface area contributed by atoms with Gasteiger partial charge in [-0.25, -0.2) is 0 Å². The summed E-state index contributed by atoms with van der Waals surface area (Å²) in [6.07, 6.45) is 6.31. The molecule has 2 aliphatic rings. The molecule has 1 unspecified atom stereocenters. The lowest BCUT2D eigenvalue weighted by atomic mass is 9.65. The molecule has 1 aromatic rings. The zero-order valence-corrected chi connectivity index (χ0v) is 13.6. The minimum absolute atomic E-state index is 0.0942. The lowest BCUT2D eigenvalue weighted by molar-refractivity contribution is -0.0378. The van der Waals surface area contributed by atoms with Crippen molar-refractivity contribution >= 4 is 0 Å². The van der Waals surface area contributed by atoms with Crippen LogP contribution >= 0.6 is 0 Å². The average molecular weight is 287 g/mol. The highest BCUT2D eigenvalue weighted by Gasteiger charge is 2.58. The molecule has 2 fully saturated rings. The van der Waals surface area contributed by atoms with Crippen LogP contribution in [0.1, 0.15) is 51.5 Å². The minimum atomic E-state index is 0.0942. The average Bonchev–Trinajstić information content (AvgIpc) is 3.15. The summed E-state index contributed by atoms with van der Waals surface area (Å²) in [5.74, 6) is 0. The first-order valence-corrected chi connectivity index (χ1v) is 8.68. The van der Waals surface area contributed by atoms with Gasteiger partial charge in [-0.1, -0.05) is 57.0 Å². The highest BCUT2D eigenvalue weighted by molar-refractivity contribution is 5.33. The lowest BCUT2D eigenvalue weighted by Gasteiger charge is -2.45. The second-order valence-electron chi connectivity index (χ2n) is 6.71. The summed E-state index contributed by atoms with van der Waals surface area (Å²) in [5.41, 5.74) is 1.78. The van der Waals surface area contributed by atoms with Crippen molar-refractivity contribution in [1.82, 2.24) is 4.90 Å². The highest BCUT2D eigenvalue weighted by Crippen LogP contribution is 2.54. The van der Waals surface area contributed by atoms with E-state index in [2.05, 4.69) is 49.1 Å². The van der Waals surface area contributed by atoms with Crippen molar-refractivity contribution in [2.45, 2.75) is 57.0 Å². The molecule has 0 amide bonds. The molecular formula is C19H29NO. The van der Waals surface area contributed by atoms with Crippen LogP contribution in [-0.4, -0.2) is 36.7 Å². The first kappa shape index (κ1) is 15.1. The molecule has 1 saturated heterocycles. The minimum Gasteiger partial charge on any atom is -0.374 e. The van der Waals surface area contributed by atoms with Crippen LogP contribution in [0.2, 0.25) is 0 Å². The Morgan fingerprint density at radius 3 is 2.29 bits per heavy atom. The van der Waals surface area contributed by atoms with Crippen molar-refractivity contribution < 1.29 is 4.74 Å². The number of hydrogen-bond acceptors (Lipinski definition) is 2. The van der Waals surface area contributed by atoms with E-state index in [1.54, 1.807) is 0 Å². The molecule has 1 heterocycles. The fraction of sp³-hybridized carbons (Fsp3) is 0.684. The van der Waals surface area contributed by atoms with Crippen LogP contribution in [-0.2, 0) is 10.2 Å². The van der Waals surface area contributed by atoms with E-state index in [1.165, 1.54) is 37.7 Å². The second kappa shape index (κ2) is 6.10. The first-order chi connectivity index (χ1) is 10.3. The number of rotatable bonds is 5. The third kappa shape index (κ3) is 2.43. The van der Waals surface area contributed by atoms with Crippen molar-refractivity contribution in [3.05, 3.63) is 35.9 Å². The largest absolute Gasteiger partial charge is 0.374 e. The highest BCUT2D eigenvalue weighted by atomic mass is 16.5. The zero-order chi connectivity index (χ0) is 14.8. The topological polar surface area (TPSA) is 12.5 Å². The van der Waals surface area contributed by atoms with Crippen LogP contribution in [0.4, 0.5) is 0 Å². The summed E-state index contributed by atoms with van der Waals surface area (Å²) in [4.78, 5) is 2.59. The second-order valence-corrected chi connectivity index (χ2v) is 6.71. The smallest absolute Gasteiger partial charge is 0.0791 e. The van der Waals surface area contributed by atoms with Gasteiger partial charge < -0.3 is 9.64 Å². The van der Waals surface area contributed by atoms with Gasteiger partial charge in [-0.3, -0.25) is 0 Å². The maximum absolute atomic E-state index is 6.44. The molecule has 2 nitrogen and oxygen atoms in total. The standard InChI is InChI=1S/C19H29NO/c1-3-20(4-2)16-18(17-10-6-5-7-11-17)14-15-21-19(18)12-8-9-13-19/h5-7,10-11H,3-4,8-9,12-16H2,1-2H3. The maximum atomic E-state index is 6.44. The molecule has 0 radical (unpaired) electrons. The van der Waals surface area contributed by atoms with Crippen LogP contribution in [0.15, 0.2) is 30.3 Å². The molecule has 2 heteroatoms. The van der Waals surface area contributed by atoms with Gasteiger partial charge in [0.1, 0.15) is 0 Å². The van der Waals surface area contributed by atoms with Crippen LogP contribution < -0.4 is 0 Å². The van der Waals surface area contributed by atoms with E-state index in [1.807, 2.05) is 0 Å². The molecule has 3 rings (SSSR count). The van der Waals surface area contributed by atoms with Gasteiger partial charge in [0.15, 0.2) is 0 Å². The monoisotopic (exact) mass is 287 g/mol. The van der Waals surface area contributed by atoms with Crippen molar-refractivity contribution in [2.75, 3.05) is 26.2 Å². The predicted molar refractivity (Wildman–Crippen MR) is 87.7 cm³/mol. The molecule has 21 heavy (non-hydrogen) atoms. The van der Waals surface area contributed by atoms with E-state index in [9.17, 15) is 0 Å². The van der Waals surface area contributed by atoms with Gasteiger partial charge in [0.2, 0.25) is 0 Å². The fourth-order valence-corrected chi connectivity index (χ4v) is 4.66. The van der Waals surface area contributed by atoms with Gasteiger partial charge >= 0.3 is 0 Å². The Labute approximate surface area is 129 Å². The summed E-state index contributed by atoms with van der Waals surface area (Å²) in [7, 11) is 0. The van der Waals surface area contributed by atoms with E-state index in [0.29, 0.717) is 0 Å². The molecule has 116 valence electrons. The van der Waals surface area contributed by atoms with Crippen molar-refractivity contribution in [2.24, 2.45) is 0 Å². The van der Waals surface area contributed by atoms with E-state index in [0.717, 1.165) is 26.2 Å². The Bertz CT molecular complexity index is 442. The molecule has 0 aromatic heterocycles. The molecule has 1 spiro atoms. The zero-order valence-electron chi connectivity index (χ0n) is 13.6. The summed E-state index contributed by atoms with van der Waals surface area (Å²) in [6.45, 7) is 8.88. The number of ether oxygens (including phenoxy) is 1. The number of likely N-dealkylation sites (N-methyl/N-ethyl adjacent to an activating group) is 1. The van der Waals surface area contributed by atoms with E-state index < -0.39 is 0 Å². The molecule has 1 saturated carbocycles. The van der Waals surface area contributed by atoms with Gasteiger partial charge in [0.05, 0.1) is 5.60 Å². The van der Waals surface area contributed by atoms with Gasteiger partial charge in [-0.2, -0.15) is 0 Å². The molecular weight excluding hydrogens is 258 g/mol. The summed E-state index contributed by atoms with van der Waals surface area (Å²) in [6, 6.07) is 11.2. The number of nitrogens with zero attached hydrogens (tertiary/aromatic N) is 1. The Morgan fingerprint density at radius 2 is 1.67 bits per heavy atom. The third-order valence-electron chi connectivity index (χ3n) is 5.90. The van der Waals surface area contributed by atoms with Crippen LogP contribution in [0.3, 0.4) is 0 Å². The number of benzene rings is 1. The predicted octanol–water partition coefficient (Wildman–Crippen LogP) is 4.00. The quantitative estimate of drug-likeness (QED) is 0.811. The Balaban J connectivity index is 2.02. The summed E-state index contributed by atoms with van der Waals surface area (Å²) >= 11 is 0. The van der Waals surface area contributed by atoms with Crippen LogP contribution in [0.25, 0.3) is 0 Å². The normalized spacial score (nSPS) is 27.8. The van der Waals surface area contributed by atoms with E-state index in [4.69, 9.17) is 4.74 Å². The molecule has 1 aromatic carbocycles. The summed E-state index contributed by atoms with van der Waals surface area (Å²) < 4.78 is 6.44. The van der Waals surface area contributed by atoms with Crippen molar-refractivity contribution in [3.63, 3.8) is 0 Å². The summed E-state index contributed by atoms with van der Waals surface area (Å²) in [5, 5.41) is 0. The van der Waals surface area contributed by atoms with Gasteiger partial charge in [-0.15, -0.1) is 0 Å². The number of hydrogen-bond donors (Lipinski definition) is 0. The Hall–Kier alpha value is -0.860. The SMILES string of the molecule is CCN(CC)CC1(c2ccccc2)CCOC12CCCC2. The van der Waals surface area contributed by atoms with Gasteiger partial charge in [-0.05, 0) is 37.9 Å². The molecule has 1 aliphatic carbocycles. The fourth-order valence-electron chi connectivity index (χ4n) is 4.66. The molecule has 1 aliphatic heterocycles. The molecule has 0 bridgehead atoms. The molecule has 1 atom stereocenters. The van der Waals surface area contributed by atoms with Gasteiger partial charge in [0, 0.05) is 18.6 Å². The third-order valence-corrected chi connectivity index (χ3v) is 5.90. The Morgan fingerprint density at radius 1 is 1.00 bits per heavy atom. The van der Waals surface area contributed by atoms with Crippen molar-refractivity contribution in [1.29, 1.82) is 0 Å². The van der Waals surface area contributed by atoms with Crippen LogP contribution in [0.5, 0.6) is 0 Å². The maximum Gasteiger partial charge on any atom is 0.0791 e. The van der Waals surface area contributed by atoms with E-state index in [-0.39, 0.29) is 11.0 Å². The first-order valence-electron chi connectivity index (χ1n) is 8.68. The van der Waals surface area contributed by atoms with Gasteiger partial charge in [0.25, 0.3) is 0 Å². The van der Waals surface area contributed by atoms with E-state index >= 15 is 0 Å². The lowest BCUT2D eigenvalue weighted by Crippen LogP contribution is -2.53. The van der Waals surface area contributed by atoms with Crippen LogP contribution in [0, 0.1) is 0 Å². The molecule has 0 N–H and O–H groups in total.